The van der Waals surface area contributed by atoms with Crippen molar-refractivity contribution in [2.75, 3.05) is 5.73 Å². The van der Waals surface area contributed by atoms with Crippen LogP contribution in [0.1, 0.15) is 43.2 Å². The average molecular weight is 448 g/mol. The highest BCUT2D eigenvalue weighted by Gasteiger charge is 2.30. The van der Waals surface area contributed by atoms with Crippen LogP contribution in [0.25, 0.3) is 11.5 Å². The molecule has 1 aromatic carbocycles. The number of nitrogen functional groups attached to an aromatic ring is 1. The number of hydrogen-bond acceptors (Lipinski definition) is 8. The number of tetrazole rings is 1. The molecular formula is C19H16F4N8O. The molecule has 2 N–H and O–H groups in total. The van der Waals surface area contributed by atoms with Gasteiger partial charge in [0, 0.05) is 11.1 Å². The van der Waals surface area contributed by atoms with Crippen molar-refractivity contribution < 1.29 is 22.0 Å². The van der Waals surface area contributed by atoms with Gasteiger partial charge in [0.1, 0.15) is 11.6 Å². The Morgan fingerprint density at radius 3 is 2.41 bits per heavy atom. The highest BCUT2D eigenvalue weighted by molar-refractivity contribution is 5.54. The lowest BCUT2D eigenvalue weighted by Crippen LogP contribution is -2.23. The number of halogens is 4. The third kappa shape index (κ3) is 4.00. The maximum atomic E-state index is 14.6. The predicted octanol–water partition coefficient (Wildman–Crippen LogP) is 3.29. The monoisotopic (exact) mass is 448 g/mol. The zero-order valence-corrected chi connectivity index (χ0v) is 16.8. The fourth-order valence-corrected chi connectivity index (χ4v) is 2.91. The fourth-order valence-electron chi connectivity index (χ4n) is 2.91. The summed E-state index contributed by atoms with van der Waals surface area (Å²) in [5.41, 5.74) is 5.53. The van der Waals surface area contributed by atoms with Crippen molar-refractivity contribution in [3.05, 3.63) is 65.1 Å². The van der Waals surface area contributed by atoms with E-state index in [1.54, 1.807) is 12.1 Å². The van der Waals surface area contributed by atoms with E-state index in [2.05, 4.69) is 30.6 Å². The van der Waals surface area contributed by atoms with Gasteiger partial charge in [-0.1, -0.05) is 0 Å². The van der Waals surface area contributed by atoms with Gasteiger partial charge in [0.15, 0.2) is 5.82 Å². The normalized spacial score (nSPS) is 12.0. The average Bonchev–Trinajstić information content (AvgIpc) is 3.41. The molecule has 9 nitrogen and oxygen atoms in total. The Balaban J connectivity index is 1.58. The van der Waals surface area contributed by atoms with Gasteiger partial charge in [-0.2, -0.15) is 13.6 Å². The largest absolute Gasteiger partial charge is 0.415 e. The summed E-state index contributed by atoms with van der Waals surface area (Å²) in [5, 5.41) is 18.6. The van der Waals surface area contributed by atoms with Crippen molar-refractivity contribution >= 4 is 5.69 Å². The Bertz CT molecular complexity index is 1230. The van der Waals surface area contributed by atoms with Crippen molar-refractivity contribution in [3.63, 3.8) is 0 Å². The molecule has 0 aliphatic rings. The summed E-state index contributed by atoms with van der Waals surface area (Å²) in [6.07, 6.45) is -1.49. The molecular weight excluding hydrogens is 432 g/mol. The molecule has 4 aromatic rings. The second kappa shape index (κ2) is 7.98. The van der Waals surface area contributed by atoms with Crippen LogP contribution in [0.2, 0.25) is 0 Å². The third-order valence-corrected chi connectivity index (χ3v) is 4.75. The Kier molecular flexibility index (Phi) is 5.32. The van der Waals surface area contributed by atoms with Crippen LogP contribution in [0.15, 0.2) is 34.9 Å². The first-order valence-electron chi connectivity index (χ1n) is 9.25. The van der Waals surface area contributed by atoms with Gasteiger partial charge in [0.2, 0.25) is 5.89 Å². The van der Waals surface area contributed by atoms with Crippen LogP contribution in [-0.4, -0.2) is 35.4 Å². The lowest BCUT2D eigenvalue weighted by Gasteiger charge is -2.19. The zero-order chi connectivity index (χ0) is 23.0. The molecule has 0 saturated heterocycles. The van der Waals surface area contributed by atoms with E-state index in [0.29, 0.717) is 11.4 Å². The van der Waals surface area contributed by atoms with E-state index in [0.717, 1.165) is 16.9 Å². The molecule has 166 valence electrons. The van der Waals surface area contributed by atoms with Gasteiger partial charge >= 0.3 is 6.43 Å². The summed E-state index contributed by atoms with van der Waals surface area (Å²) in [7, 11) is 0. The topological polar surface area (TPSA) is 121 Å². The van der Waals surface area contributed by atoms with E-state index < -0.39 is 35.3 Å². The number of aromatic nitrogens is 7. The summed E-state index contributed by atoms with van der Waals surface area (Å²) in [4.78, 5) is 5.31. The number of anilines is 1. The van der Waals surface area contributed by atoms with Crippen LogP contribution in [0, 0.1) is 11.6 Å². The maximum Gasteiger partial charge on any atom is 0.314 e. The molecule has 4 rings (SSSR count). The van der Waals surface area contributed by atoms with Crippen molar-refractivity contribution in [1.82, 2.24) is 35.4 Å². The minimum absolute atomic E-state index is 0.175. The number of benzene rings is 1. The van der Waals surface area contributed by atoms with Crippen molar-refractivity contribution in [1.29, 1.82) is 0 Å². The molecule has 13 heteroatoms. The van der Waals surface area contributed by atoms with Crippen molar-refractivity contribution in [2.45, 2.75) is 32.2 Å². The number of pyridine rings is 1. The standard InChI is InChI=1S/C19H16F4N8O/c1-19(2,14-4-3-10(24)7-25-14)18-28-30-31(29-18)8-11-12(20)5-9(6-13(11)21)16-26-27-17(32-16)15(22)23/h3-7,15H,8,24H2,1-2H3. The number of alkyl halides is 2. The van der Waals surface area contributed by atoms with Gasteiger partial charge in [-0.15, -0.1) is 20.4 Å². The lowest BCUT2D eigenvalue weighted by atomic mass is 9.88. The fraction of sp³-hybridized carbons (Fsp3) is 0.263. The Hall–Kier alpha value is -3.90. The van der Waals surface area contributed by atoms with Gasteiger partial charge in [-0.3, -0.25) is 4.98 Å². The van der Waals surface area contributed by atoms with E-state index in [4.69, 9.17) is 10.2 Å². The van der Waals surface area contributed by atoms with E-state index >= 15 is 0 Å². The molecule has 0 unspecified atom stereocenters. The van der Waals surface area contributed by atoms with E-state index in [1.165, 1.54) is 6.20 Å². The second-order valence-electron chi connectivity index (χ2n) is 7.41. The van der Waals surface area contributed by atoms with Crippen LogP contribution in [0.4, 0.5) is 23.2 Å². The van der Waals surface area contributed by atoms with Crippen molar-refractivity contribution in [3.8, 4) is 11.5 Å². The Labute approximate surface area is 178 Å². The van der Waals surface area contributed by atoms with Crippen LogP contribution in [0.5, 0.6) is 0 Å². The smallest absolute Gasteiger partial charge is 0.314 e. The molecule has 0 bridgehead atoms. The molecule has 0 aliphatic heterocycles. The highest BCUT2D eigenvalue weighted by atomic mass is 19.3. The summed E-state index contributed by atoms with van der Waals surface area (Å²) in [5.74, 6) is -3.01. The molecule has 0 amide bonds. The summed E-state index contributed by atoms with van der Waals surface area (Å²) < 4.78 is 59.1. The number of hydrogen-bond donors (Lipinski definition) is 1. The molecule has 3 aromatic heterocycles. The number of nitrogens with zero attached hydrogens (tertiary/aromatic N) is 7. The third-order valence-electron chi connectivity index (χ3n) is 4.75. The van der Waals surface area contributed by atoms with Crippen LogP contribution in [0.3, 0.4) is 0 Å². The van der Waals surface area contributed by atoms with E-state index in [9.17, 15) is 17.6 Å². The first-order valence-corrected chi connectivity index (χ1v) is 9.25. The van der Waals surface area contributed by atoms with Gasteiger partial charge in [0.05, 0.1) is 29.5 Å². The molecule has 0 atom stereocenters. The zero-order valence-electron chi connectivity index (χ0n) is 16.8. The van der Waals surface area contributed by atoms with Crippen LogP contribution >= 0.6 is 0 Å². The first kappa shape index (κ1) is 21.3. The maximum absolute atomic E-state index is 14.6. The lowest BCUT2D eigenvalue weighted by molar-refractivity contribution is 0.116. The van der Waals surface area contributed by atoms with E-state index in [1.807, 2.05) is 13.8 Å². The minimum Gasteiger partial charge on any atom is -0.415 e. The first-order chi connectivity index (χ1) is 15.1. The number of nitrogens with two attached hydrogens (primary N) is 1. The van der Waals surface area contributed by atoms with Gasteiger partial charge in [-0.05, 0) is 43.3 Å². The SMILES string of the molecule is CC(C)(c1ccc(N)cn1)c1nnn(Cc2c(F)cc(-c3nnc(C(F)F)o3)cc2F)n1. The quantitative estimate of drug-likeness (QED) is 0.446. The second-order valence-corrected chi connectivity index (χ2v) is 7.41. The van der Waals surface area contributed by atoms with E-state index in [-0.39, 0.29) is 23.5 Å². The summed E-state index contributed by atoms with van der Waals surface area (Å²) >= 11 is 0. The Morgan fingerprint density at radius 1 is 1.09 bits per heavy atom. The van der Waals surface area contributed by atoms with Crippen LogP contribution in [-0.2, 0) is 12.0 Å². The number of rotatable bonds is 6. The highest BCUT2D eigenvalue weighted by Crippen LogP contribution is 2.28. The molecule has 3 heterocycles. The molecule has 32 heavy (non-hydrogen) atoms. The van der Waals surface area contributed by atoms with Gasteiger partial charge in [-0.25, -0.2) is 8.78 Å². The minimum atomic E-state index is -2.99. The molecule has 0 radical (unpaired) electrons. The Morgan fingerprint density at radius 2 is 1.81 bits per heavy atom. The molecule has 0 spiro atoms. The van der Waals surface area contributed by atoms with Crippen LogP contribution < -0.4 is 5.73 Å². The molecule has 0 fully saturated rings. The predicted molar refractivity (Wildman–Crippen MR) is 102 cm³/mol. The van der Waals surface area contributed by atoms with Gasteiger partial charge in [0.25, 0.3) is 5.89 Å². The summed E-state index contributed by atoms with van der Waals surface area (Å²) in [6, 6.07) is 5.22. The summed E-state index contributed by atoms with van der Waals surface area (Å²) in [6.45, 7) is 3.28. The van der Waals surface area contributed by atoms with Crippen molar-refractivity contribution in [2.24, 2.45) is 0 Å². The van der Waals surface area contributed by atoms with Gasteiger partial charge < -0.3 is 10.2 Å². The molecule has 0 saturated carbocycles. The molecule has 0 aliphatic carbocycles.